The average molecular weight is 284 g/mol. The predicted molar refractivity (Wildman–Crippen MR) is 86.9 cm³/mol. The first-order chi connectivity index (χ1) is 9.97. The lowest BCUT2D eigenvalue weighted by molar-refractivity contribution is 0.108. The minimum atomic E-state index is -0.603. The first kappa shape index (κ1) is 15.6. The zero-order valence-electron chi connectivity index (χ0n) is 13.3. The Kier molecular flexibility index (Phi) is 5.03. The number of benzene rings is 2. The highest BCUT2D eigenvalue weighted by Crippen LogP contribution is 2.21. The lowest BCUT2D eigenvalue weighted by Gasteiger charge is -2.14. The Morgan fingerprint density at radius 2 is 1.52 bits per heavy atom. The van der Waals surface area contributed by atoms with E-state index >= 15 is 0 Å². The molecule has 0 aliphatic rings. The highest BCUT2D eigenvalue weighted by molar-refractivity contribution is 5.32. The van der Waals surface area contributed by atoms with E-state index in [1.807, 2.05) is 30.3 Å². The molecule has 1 unspecified atom stereocenters. The molecule has 0 aromatic heterocycles. The Labute approximate surface area is 127 Å². The minimum Gasteiger partial charge on any atom is -0.491 e. The van der Waals surface area contributed by atoms with E-state index in [0.29, 0.717) is 5.92 Å². The zero-order chi connectivity index (χ0) is 15.4. The van der Waals surface area contributed by atoms with Crippen LogP contribution in [0.15, 0.2) is 42.5 Å². The molecular weight excluding hydrogens is 260 g/mol. The van der Waals surface area contributed by atoms with Gasteiger partial charge in [0.05, 0.1) is 0 Å². The Morgan fingerprint density at radius 1 is 0.905 bits per heavy atom. The van der Waals surface area contributed by atoms with Crippen LogP contribution in [0.1, 0.15) is 48.1 Å². The first-order valence-corrected chi connectivity index (χ1v) is 7.45. The molecule has 2 aromatic carbocycles. The molecule has 0 amide bonds. The summed E-state index contributed by atoms with van der Waals surface area (Å²) in [5, 5.41) is 10.2. The quantitative estimate of drug-likeness (QED) is 0.873. The molecule has 21 heavy (non-hydrogen) atoms. The third kappa shape index (κ3) is 4.08. The number of hydrogen-bond acceptors (Lipinski definition) is 2. The predicted octanol–water partition coefficient (Wildman–Crippen LogP) is 4.54. The van der Waals surface area contributed by atoms with Crippen LogP contribution in [0.2, 0.25) is 0 Å². The molecule has 0 radical (unpaired) electrons. The van der Waals surface area contributed by atoms with E-state index in [2.05, 4.69) is 39.8 Å². The summed E-state index contributed by atoms with van der Waals surface area (Å²) in [7, 11) is 0. The van der Waals surface area contributed by atoms with Gasteiger partial charge in [-0.25, -0.2) is 0 Å². The van der Waals surface area contributed by atoms with Crippen LogP contribution in [0, 0.1) is 13.8 Å². The normalized spacial score (nSPS) is 12.5. The van der Waals surface area contributed by atoms with Crippen molar-refractivity contribution in [1.82, 2.24) is 0 Å². The minimum absolute atomic E-state index is 0.267. The van der Waals surface area contributed by atoms with Gasteiger partial charge >= 0.3 is 0 Å². The maximum absolute atomic E-state index is 10.2. The Morgan fingerprint density at radius 3 is 2.10 bits per heavy atom. The van der Waals surface area contributed by atoms with Gasteiger partial charge in [-0.1, -0.05) is 44.2 Å². The van der Waals surface area contributed by atoms with Gasteiger partial charge in [-0.05, 0) is 54.2 Å². The Bertz CT molecular complexity index is 585. The smallest absolute Gasteiger partial charge is 0.119 e. The Hall–Kier alpha value is -1.80. The van der Waals surface area contributed by atoms with E-state index in [1.54, 1.807) is 0 Å². The van der Waals surface area contributed by atoms with Gasteiger partial charge in [0.1, 0.15) is 18.5 Å². The standard InChI is InChI=1S/C19H24O2/c1-13(2)16-7-9-18(10-8-16)21-12-19(20)17-6-5-14(3)15(4)11-17/h5-11,13,19-20H,12H2,1-4H3. The monoisotopic (exact) mass is 284 g/mol. The van der Waals surface area contributed by atoms with Gasteiger partial charge in [0.2, 0.25) is 0 Å². The van der Waals surface area contributed by atoms with E-state index in [4.69, 9.17) is 4.74 Å². The highest BCUT2D eigenvalue weighted by atomic mass is 16.5. The molecule has 1 N–H and O–H groups in total. The van der Waals surface area contributed by atoms with Crippen LogP contribution >= 0.6 is 0 Å². The van der Waals surface area contributed by atoms with Crippen LogP contribution in [-0.4, -0.2) is 11.7 Å². The lowest BCUT2D eigenvalue weighted by atomic mass is 10.0. The number of rotatable bonds is 5. The molecule has 0 bridgehead atoms. The summed E-state index contributed by atoms with van der Waals surface area (Å²) < 4.78 is 5.68. The largest absolute Gasteiger partial charge is 0.491 e. The topological polar surface area (TPSA) is 29.5 Å². The SMILES string of the molecule is Cc1ccc(C(O)COc2ccc(C(C)C)cc2)cc1C. The molecule has 0 aliphatic carbocycles. The summed E-state index contributed by atoms with van der Waals surface area (Å²) in [4.78, 5) is 0. The second-order valence-electron chi connectivity index (χ2n) is 5.89. The molecule has 0 fully saturated rings. The van der Waals surface area contributed by atoms with Crippen molar-refractivity contribution in [1.29, 1.82) is 0 Å². The highest BCUT2D eigenvalue weighted by Gasteiger charge is 2.09. The summed E-state index contributed by atoms with van der Waals surface area (Å²) in [5.41, 5.74) is 4.61. The Balaban J connectivity index is 1.97. The molecule has 0 aliphatic heterocycles. The molecule has 112 valence electrons. The summed E-state index contributed by atoms with van der Waals surface area (Å²) in [5.74, 6) is 1.31. The molecular formula is C19H24O2. The maximum Gasteiger partial charge on any atom is 0.119 e. The van der Waals surface area contributed by atoms with Gasteiger partial charge in [-0.2, -0.15) is 0 Å². The van der Waals surface area contributed by atoms with Gasteiger partial charge in [-0.3, -0.25) is 0 Å². The summed E-state index contributed by atoms with van der Waals surface area (Å²) in [6.45, 7) is 8.72. The van der Waals surface area contributed by atoms with Gasteiger partial charge in [0.15, 0.2) is 0 Å². The molecule has 0 spiro atoms. The number of ether oxygens (including phenoxy) is 1. The molecule has 2 aromatic rings. The molecule has 2 nitrogen and oxygen atoms in total. The molecule has 0 saturated carbocycles. The van der Waals surface area contributed by atoms with Crippen molar-refractivity contribution in [2.45, 2.75) is 39.7 Å². The second-order valence-corrected chi connectivity index (χ2v) is 5.89. The third-order valence-electron chi connectivity index (χ3n) is 3.87. The van der Waals surface area contributed by atoms with Crippen molar-refractivity contribution < 1.29 is 9.84 Å². The fraction of sp³-hybridized carbons (Fsp3) is 0.368. The van der Waals surface area contributed by atoms with E-state index in [0.717, 1.165) is 11.3 Å². The van der Waals surface area contributed by atoms with Crippen LogP contribution in [0.5, 0.6) is 5.75 Å². The van der Waals surface area contributed by atoms with Gasteiger partial charge in [0, 0.05) is 0 Å². The van der Waals surface area contributed by atoms with E-state index < -0.39 is 6.10 Å². The van der Waals surface area contributed by atoms with Crippen molar-refractivity contribution in [3.8, 4) is 5.75 Å². The van der Waals surface area contributed by atoms with Crippen molar-refractivity contribution in [3.05, 3.63) is 64.7 Å². The molecule has 0 saturated heterocycles. The third-order valence-corrected chi connectivity index (χ3v) is 3.87. The lowest BCUT2D eigenvalue weighted by Crippen LogP contribution is -2.10. The van der Waals surface area contributed by atoms with Crippen molar-refractivity contribution in [3.63, 3.8) is 0 Å². The molecule has 1 atom stereocenters. The zero-order valence-corrected chi connectivity index (χ0v) is 13.3. The van der Waals surface area contributed by atoms with Crippen LogP contribution < -0.4 is 4.74 Å². The molecule has 0 heterocycles. The number of aliphatic hydroxyl groups is 1. The fourth-order valence-corrected chi connectivity index (χ4v) is 2.19. The van der Waals surface area contributed by atoms with Crippen molar-refractivity contribution in [2.75, 3.05) is 6.61 Å². The summed E-state index contributed by atoms with van der Waals surface area (Å²) >= 11 is 0. The van der Waals surface area contributed by atoms with Gasteiger partial charge in [0.25, 0.3) is 0 Å². The van der Waals surface area contributed by atoms with Crippen molar-refractivity contribution in [2.24, 2.45) is 0 Å². The molecule has 2 heteroatoms. The van der Waals surface area contributed by atoms with Gasteiger partial charge in [-0.15, -0.1) is 0 Å². The molecule has 2 rings (SSSR count). The van der Waals surface area contributed by atoms with Crippen LogP contribution in [0.25, 0.3) is 0 Å². The average Bonchev–Trinajstić information content (AvgIpc) is 2.48. The summed E-state index contributed by atoms with van der Waals surface area (Å²) in [6, 6.07) is 14.1. The van der Waals surface area contributed by atoms with Gasteiger partial charge < -0.3 is 9.84 Å². The van der Waals surface area contributed by atoms with Crippen LogP contribution in [-0.2, 0) is 0 Å². The van der Waals surface area contributed by atoms with Crippen molar-refractivity contribution >= 4 is 0 Å². The number of aliphatic hydroxyl groups excluding tert-OH is 1. The van der Waals surface area contributed by atoms with E-state index in [9.17, 15) is 5.11 Å². The first-order valence-electron chi connectivity index (χ1n) is 7.45. The number of hydrogen-bond donors (Lipinski definition) is 1. The van der Waals surface area contributed by atoms with E-state index in [1.165, 1.54) is 16.7 Å². The van der Waals surface area contributed by atoms with Crippen LogP contribution in [0.3, 0.4) is 0 Å². The summed E-state index contributed by atoms with van der Waals surface area (Å²) in [6.07, 6.45) is -0.603. The van der Waals surface area contributed by atoms with Crippen LogP contribution in [0.4, 0.5) is 0 Å². The maximum atomic E-state index is 10.2. The van der Waals surface area contributed by atoms with E-state index in [-0.39, 0.29) is 6.61 Å². The second kappa shape index (κ2) is 6.77. The fourth-order valence-electron chi connectivity index (χ4n) is 2.19. The number of aryl methyl sites for hydroxylation is 2.